The van der Waals surface area contributed by atoms with Gasteiger partial charge in [0.2, 0.25) is 9.76 Å². The lowest BCUT2D eigenvalue weighted by Crippen LogP contribution is -2.41. The summed E-state index contributed by atoms with van der Waals surface area (Å²) in [6.07, 6.45) is 2.24. The molecule has 5 heteroatoms. The summed E-state index contributed by atoms with van der Waals surface area (Å²) < 4.78 is 8.12. The van der Waals surface area contributed by atoms with Gasteiger partial charge in [0.15, 0.2) is 0 Å². The van der Waals surface area contributed by atoms with Crippen LogP contribution in [0.4, 0.5) is 0 Å². The second-order valence-corrected chi connectivity index (χ2v) is 9.44. The number of para-hydroxylation sites is 1. The maximum Gasteiger partial charge on any atom is 0.269 e. The van der Waals surface area contributed by atoms with Gasteiger partial charge in [0, 0.05) is 0 Å². The average Bonchev–Trinajstić information content (AvgIpc) is 2.83. The van der Waals surface area contributed by atoms with Gasteiger partial charge in [-0.25, -0.2) is 4.98 Å². The summed E-state index contributed by atoms with van der Waals surface area (Å²) in [4.78, 5) is 16.7. The van der Waals surface area contributed by atoms with E-state index in [1.807, 2.05) is 16.7 Å². The molecule has 116 valence electrons. The first-order valence-electron chi connectivity index (χ1n) is 7.63. The number of hydrogen-bond acceptors (Lipinski definition) is 3. The van der Waals surface area contributed by atoms with Crippen LogP contribution in [-0.4, -0.2) is 24.9 Å². The van der Waals surface area contributed by atoms with Gasteiger partial charge in [-0.15, -0.1) is 0 Å². The van der Waals surface area contributed by atoms with Gasteiger partial charge in [-0.2, -0.15) is 0 Å². The van der Waals surface area contributed by atoms with Gasteiger partial charge in [-0.3, -0.25) is 9.36 Å². The van der Waals surface area contributed by atoms with Crippen LogP contribution < -0.4 is 5.56 Å². The van der Waals surface area contributed by atoms with Crippen molar-refractivity contribution in [3.8, 4) is 0 Å². The summed E-state index contributed by atoms with van der Waals surface area (Å²) >= 11 is 0. The Labute approximate surface area is 133 Å². The molecule has 1 aromatic heterocycles. The standard InChI is InChI=1S/C17H22N2O2Si/c1-16(2,3)22-21-17(4,5)13-9-11-7-6-8-12-15(11)19(13)14(20)10-18-12/h6-8,10,13H,9H2,1-5H3/t13-/m0/s1. The minimum Gasteiger partial charge on any atom is -0.410 e. The number of aromatic nitrogens is 2. The van der Waals surface area contributed by atoms with Crippen LogP contribution in [0.5, 0.6) is 0 Å². The molecule has 2 radical (unpaired) electrons. The van der Waals surface area contributed by atoms with Crippen molar-refractivity contribution < 1.29 is 4.43 Å². The fraction of sp³-hybridized carbons (Fsp3) is 0.529. The Hall–Kier alpha value is -1.46. The van der Waals surface area contributed by atoms with E-state index < -0.39 is 5.60 Å². The molecule has 0 saturated heterocycles. The van der Waals surface area contributed by atoms with E-state index in [-0.39, 0.29) is 16.6 Å². The first-order valence-corrected chi connectivity index (χ1v) is 8.54. The largest absolute Gasteiger partial charge is 0.410 e. The predicted molar refractivity (Wildman–Crippen MR) is 89.4 cm³/mol. The number of benzene rings is 1. The van der Waals surface area contributed by atoms with Crippen LogP contribution in [0.1, 0.15) is 46.2 Å². The summed E-state index contributed by atoms with van der Waals surface area (Å²) in [5, 5.41) is 0.126. The predicted octanol–water partition coefficient (Wildman–Crippen LogP) is 3.13. The lowest BCUT2D eigenvalue weighted by Gasteiger charge is -2.35. The first-order chi connectivity index (χ1) is 10.2. The van der Waals surface area contributed by atoms with Crippen LogP contribution in [0.2, 0.25) is 5.04 Å². The Kier molecular flexibility index (Phi) is 3.53. The first kappa shape index (κ1) is 15.4. The Morgan fingerprint density at radius 1 is 1.27 bits per heavy atom. The monoisotopic (exact) mass is 314 g/mol. The SMILES string of the molecule is CC(C)(C)[Si]OC(C)(C)[C@@H]1Cc2cccc3ncc(=O)n1c23. The van der Waals surface area contributed by atoms with Crippen molar-refractivity contribution in [2.45, 2.75) is 57.7 Å². The van der Waals surface area contributed by atoms with Gasteiger partial charge in [0.25, 0.3) is 5.56 Å². The summed E-state index contributed by atoms with van der Waals surface area (Å²) in [5.41, 5.74) is 2.59. The van der Waals surface area contributed by atoms with E-state index in [1.54, 1.807) is 0 Å². The lowest BCUT2D eigenvalue weighted by molar-refractivity contribution is 0.0528. The fourth-order valence-electron chi connectivity index (χ4n) is 2.94. The zero-order valence-electron chi connectivity index (χ0n) is 13.8. The number of hydrogen-bond donors (Lipinski definition) is 0. The maximum atomic E-state index is 12.4. The molecule has 0 aliphatic carbocycles. The van der Waals surface area contributed by atoms with Gasteiger partial charge in [0.05, 0.1) is 28.9 Å². The van der Waals surface area contributed by atoms with Crippen molar-refractivity contribution in [3.05, 3.63) is 40.3 Å². The highest BCUT2D eigenvalue weighted by Crippen LogP contribution is 2.38. The molecule has 1 aliphatic heterocycles. The minimum atomic E-state index is -0.400. The van der Waals surface area contributed by atoms with Crippen LogP contribution in [0.25, 0.3) is 11.0 Å². The molecule has 1 aromatic carbocycles. The third kappa shape index (κ3) is 2.63. The Morgan fingerprint density at radius 3 is 2.68 bits per heavy atom. The average molecular weight is 314 g/mol. The Bertz CT molecular complexity index is 774. The van der Waals surface area contributed by atoms with E-state index >= 15 is 0 Å². The Balaban J connectivity index is 2.03. The number of nitrogens with zero attached hydrogens (tertiary/aromatic N) is 2. The molecule has 3 rings (SSSR count). The molecule has 2 aromatic rings. The third-order valence-electron chi connectivity index (χ3n) is 4.04. The van der Waals surface area contributed by atoms with Crippen molar-refractivity contribution in [1.29, 1.82) is 0 Å². The molecular weight excluding hydrogens is 292 g/mol. The highest BCUT2D eigenvalue weighted by Gasteiger charge is 2.38. The zero-order valence-corrected chi connectivity index (χ0v) is 14.8. The lowest BCUT2D eigenvalue weighted by atomic mass is 9.95. The molecule has 0 saturated carbocycles. The quantitative estimate of drug-likeness (QED) is 0.818. The molecule has 0 N–H and O–H groups in total. The second kappa shape index (κ2) is 5.03. The van der Waals surface area contributed by atoms with E-state index in [4.69, 9.17) is 4.43 Å². The topological polar surface area (TPSA) is 44.1 Å². The van der Waals surface area contributed by atoms with Crippen molar-refractivity contribution in [2.75, 3.05) is 0 Å². The maximum absolute atomic E-state index is 12.4. The smallest absolute Gasteiger partial charge is 0.269 e. The molecule has 1 atom stereocenters. The third-order valence-corrected chi connectivity index (χ3v) is 5.28. The van der Waals surface area contributed by atoms with Gasteiger partial charge in [-0.1, -0.05) is 32.9 Å². The van der Waals surface area contributed by atoms with Crippen molar-refractivity contribution >= 4 is 20.8 Å². The summed E-state index contributed by atoms with van der Waals surface area (Å²) in [5.74, 6) is 0. The molecule has 0 spiro atoms. The zero-order chi connectivity index (χ0) is 16.1. The van der Waals surface area contributed by atoms with Crippen LogP contribution in [0.15, 0.2) is 29.2 Å². The van der Waals surface area contributed by atoms with E-state index in [1.165, 1.54) is 11.8 Å². The van der Waals surface area contributed by atoms with Crippen LogP contribution in [0, 0.1) is 0 Å². The van der Waals surface area contributed by atoms with E-state index in [2.05, 4.69) is 45.7 Å². The van der Waals surface area contributed by atoms with Gasteiger partial charge in [0.1, 0.15) is 0 Å². The second-order valence-electron chi connectivity index (χ2n) is 7.53. The molecule has 2 heterocycles. The minimum absolute atomic E-state index is 0.0118. The van der Waals surface area contributed by atoms with Gasteiger partial charge >= 0.3 is 0 Å². The molecule has 0 unspecified atom stereocenters. The summed E-state index contributed by atoms with van der Waals surface area (Å²) in [7, 11) is 0.393. The van der Waals surface area contributed by atoms with E-state index in [9.17, 15) is 4.79 Å². The molecule has 0 amide bonds. The van der Waals surface area contributed by atoms with Crippen molar-refractivity contribution in [1.82, 2.24) is 9.55 Å². The van der Waals surface area contributed by atoms with Gasteiger partial charge in [-0.05, 0) is 36.9 Å². The fourth-order valence-corrected chi connectivity index (χ4v) is 3.65. The molecular formula is C17H22N2O2Si. The van der Waals surface area contributed by atoms with Crippen LogP contribution >= 0.6 is 0 Å². The molecule has 1 aliphatic rings. The van der Waals surface area contributed by atoms with E-state index in [0.29, 0.717) is 9.76 Å². The molecule has 0 bridgehead atoms. The van der Waals surface area contributed by atoms with Crippen molar-refractivity contribution in [3.63, 3.8) is 0 Å². The number of rotatable bonds is 3. The summed E-state index contributed by atoms with van der Waals surface area (Å²) in [6.45, 7) is 10.7. The molecule has 4 nitrogen and oxygen atoms in total. The van der Waals surface area contributed by atoms with Crippen molar-refractivity contribution in [2.24, 2.45) is 0 Å². The van der Waals surface area contributed by atoms with Crippen LogP contribution in [0.3, 0.4) is 0 Å². The summed E-state index contributed by atoms with van der Waals surface area (Å²) in [6, 6.07) is 6.06. The Morgan fingerprint density at radius 2 is 2.00 bits per heavy atom. The normalized spacial score (nSPS) is 18.1. The van der Waals surface area contributed by atoms with Gasteiger partial charge < -0.3 is 4.43 Å². The van der Waals surface area contributed by atoms with Crippen LogP contribution in [-0.2, 0) is 10.8 Å². The molecule has 22 heavy (non-hydrogen) atoms. The molecule has 0 fully saturated rings. The highest BCUT2D eigenvalue weighted by molar-refractivity contribution is 6.31. The highest BCUT2D eigenvalue weighted by atomic mass is 28.2. The van der Waals surface area contributed by atoms with E-state index in [0.717, 1.165) is 17.5 Å².